The summed E-state index contributed by atoms with van der Waals surface area (Å²) in [5, 5.41) is 3.29. The van der Waals surface area contributed by atoms with Crippen molar-refractivity contribution in [3.8, 4) is 5.75 Å². The van der Waals surface area contributed by atoms with Crippen molar-refractivity contribution in [1.29, 1.82) is 0 Å². The number of rotatable bonds is 6. The zero-order chi connectivity index (χ0) is 32.0. The highest BCUT2D eigenvalue weighted by atomic mass is 16.6. The van der Waals surface area contributed by atoms with E-state index in [0.29, 0.717) is 61.2 Å². The van der Waals surface area contributed by atoms with Crippen LogP contribution >= 0.6 is 0 Å². The number of likely N-dealkylation sites (tertiary alicyclic amines) is 2. The molecular weight excluding hydrogens is 574 g/mol. The van der Waals surface area contributed by atoms with Gasteiger partial charge in [0.2, 0.25) is 11.9 Å². The van der Waals surface area contributed by atoms with Crippen molar-refractivity contribution >= 4 is 41.0 Å². The molecule has 3 atom stereocenters. The van der Waals surface area contributed by atoms with Gasteiger partial charge in [0.15, 0.2) is 5.82 Å². The number of aromatic nitrogens is 2. The lowest BCUT2D eigenvalue weighted by Crippen LogP contribution is -2.55. The SMILES string of the molecule is CC[C@@H]1C(=O)N(C)c2cnc(Nc3ccc(C(=O)N4CC5CN(C(=O)OC(C)(C)C)CC5C4)cc3OC)nc2N1C1CCCC1. The summed E-state index contributed by atoms with van der Waals surface area (Å²) < 4.78 is 11.2. The maximum Gasteiger partial charge on any atom is 0.410 e. The van der Waals surface area contributed by atoms with Gasteiger partial charge in [-0.3, -0.25) is 9.59 Å². The van der Waals surface area contributed by atoms with Crippen LogP contribution in [0.4, 0.5) is 27.9 Å². The van der Waals surface area contributed by atoms with E-state index in [9.17, 15) is 14.4 Å². The lowest BCUT2D eigenvalue weighted by molar-refractivity contribution is -0.120. The van der Waals surface area contributed by atoms with Crippen LogP contribution in [-0.2, 0) is 9.53 Å². The molecular formula is C33H45N7O5. The molecule has 0 radical (unpaired) electrons. The molecule has 3 aliphatic heterocycles. The topological polar surface area (TPSA) is 120 Å². The summed E-state index contributed by atoms with van der Waals surface area (Å²) in [4.78, 5) is 56.3. The Labute approximate surface area is 265 Å². The van der Waals surface area contributed by atoms with Gasteiger partial charge in [0.25, 0.3) is 5.91 Å². The molecule has 3 amide bonds. The first-order valence-corrected chi connectivity index (χ1v) is 16.1. The molecule has 6 rings (SSSR count). The average molecular weight is 620 g/mol. The highest BCUT2D eigenvalue weighted by Crippen LogP contribution is 2.40. The Bertz CT molecular complexity index is 1460. The van der Waals surface area contributed by atoms with E-state index in [1.807, 2.05) is 38.7 Å². The molecule has 2 unspecified atom stereocenters. The Morgan fingerprint density at radius 3 is 2.33 bits per heavy atom. The molecule has 1 aliphatic carbocycles. The van der Waals surface area contributed by atoms with Crippen LogP contribution in [0.2, 0.25) is 0 Å². The van der Waals surface area contributed by atoms with Gasteiger partial charge in [0.1, 0.15) is 23.1 Å². The molecule has 1 N–H and O–H groups in total. The number of fused-ring (bicyclic) bond motifs is 2. The largest absolute Gasteiger partial charge is 0.495 e. The van der Waals surface area contributed by atoms with E-state index >= 15 is 0 Å². The van der Waals surface area contributed by atoms with Crippen LogP contribution in [0.3, 0.4) is 0 Å². The van der Waals surface area contributed by atoms with Crippen LogP contribution in [0.25, 0.3) is 0 Å². The van der Waals surface area contributed by atoms with E-state index in [2.05, 4.69) is 15.2 Å². The van der Waals surface area contributed by atoms with E-state index < -0.39 is 5.60 Å². The first-order chi connectivity index (χ1) is 21.5. The zero-order valence-corrected chi connectivity index (χ0v) is 27.2. The Hall–Kier alpha value is -4.09. The number of carbonyl (C=O) groups excluding carboxylic acids is 3. The molecule has 2 saturated heterocycles. The highest BCUT2D eigenvalue weighted by molar-refractivity contribution is 6.04. The number of carbonyl (C=O) groups is 3. The predicted octanol–water partition coefficient (Wildman–Crippen LogP) is 4.67. The molecule has 242 valence electrons. The number of nitrogens with zero attached hydrogens (tertiary/aromatic N) is 6. The maximum absolute atomic E-state index is 13.5. The highest BCUT2D eigenvalue weighted by Gasteiger charge is 2.44. The third-order valence-corrected chi connectivity index (χ3v) is 9.53. The first-order valence-electron chi connectivity index (χ1n) is 16.1. The number of benzene rings is 1. The fourth-order valence-electron chi connectivity index (χ4n) is 7.31. The number of hydrogen-bond acceptors (Lipinski definition) is 9. The van der Waals surface area contributed by atoms with Crippen molar-refractivity contribution in [2.75, 3.05) is 55.5 Å². The van der Waals surface area contributed by atoms with Gasteiger partial charge in [-0.05, 0) is 58.2 Å². The monoisotopic (exact) mass is 619 g/mol. The molecule has 1 aromatic heterocycles. The zero-order valence-electron chi connectivity index (χ0n) is 27.2. The van der Waals surface area contributed by atoms with Crippen molar-refractivity contribution in [3.05, 3.63) is 30.0 Å². The molecule has 45 heavy (non-hydrogen) atoms. The van der Waals surface area contributed by atoms with E-state index in [0.717, 1.165) is 31.5 Å². The second-order valence-corrected chi connectivity index (χ2v) is 13.7. The molecule has 0 spiro atoms. The Morgan fingerprint density at radius 1 is 1.04 bits per heavy atom. The summed E-state index contributed by atoms with van der Waals surface area (Å²) in [5.74, 6) is 2.15. The lowest BCUT2D eigenvalue weighted by Gasteiger charge is -2.43. The second-order valence-electron chi connectivity index (χ2n) is 13.7. The summed E-state index contributed by atoms with van der Waals surface area (Å²) >= 11 is 0. The van der Waals surface area contributed by atoms with Gasteiger partial charge < -0.3 is 34.4 Å². The molecule has 3 fully saturated rings. The summed E-state index contributed by atoms with van der Waals surface area (Å²) in [5.41, 5.74) is 1.35. The summed E-state index contributed by atoms with van der Waals surface area (Å²) in [6, 6.07) is 5.37. The Balaban J connectivity index is 1.16. The maximum atomic E-state index is 13.5. The smallest absolute Gasteiger partial charge is 0.410 e. The fourth-order valence-corrected chi connectivity index (χ4v) is 7.31. The van der Waals surface area contributed by atoms with Gasteiger partial charge in [-0.2, -0.15) is 4.98 Å². The predicted molar refractivity (Wildman–Crippen MR) is 171 cm³/mol. The molecule has 12 nitrogen and oxygen atoms in total. The molecule has 12 heteroatoms. The second kappa shape index (κ2) is 12.0. The summed E-state index contributed by atoms with van der Waals surface area (Å²) in [6.07, 6.45) is 6.51. The number of anilines is 4. The average Bonchev–Trinajstić information content (AvgIpc) is 3.75. The quantitative estimate of drug-likeness (QED) is 0.492. The summed E-state index contributed by atoms with van der Waals surface area (Å²) in [7, 11) is 3.36. The first kappa shape index (κ1) is 30.9. The minimum atomic E-state index is -0.534. The number of ether oxygens (including phenoxy) is 2. The lowest BCUT2D eigenvalue weighted by atomic mass is 10.0. The van der Waals surface area contributed by atoms with Gasteiger partial charge in [-0.15, -0.1) is 0 Å². The third kappa shape index (κ3) is 5.98. The van der Waals surface area contributed by atoms with Crippen molar-refractivity contribution < 1.29 is 23.9 Å². The van der Waals surface area contributed by atoms with Crippen molar-refractivity contribution in [1.82, 2.24) is 19.8 Å². The Morgan fingerprint density at radius 2 is 1.71 bits per heavy atom. The molecule has 0 bridgehead atoms. The van der Waals surface area contributed by atoms with E-state index in [4.69, 9.17) is 14.5 Å². The van der Waals surface area contributed by atoms with Crippen LogP contribution < -0.4 is 19.9 Å². The molecule has 2 aromatic rings. The van der Waals surface area contributed by atoms with E-state index in [-0.39, 0.29) is 41.8 Å². The Kier molecular flexibility index (Phi) is 8.26. The number of hydrogen-bond donors (Lipinski definition) is 1. The van der Waals surface area contributed by atoms with Crippen LogP contribution in [0.15, 0.2) is 24.4 Å². The summed E-state index contributed by atoms with van der Waals surface area (Å²) in [6.45, 7) is 10.0. The number of amides is 3. The molecule has 4 aliphatic rings. The fraction of sp³-hybridized carbons (Fsp3) is 0.606. The number of likely N-dealkylation sites (N-methyl/N-ethyl adjacent to an activating group) is 1. The van der Waals surface area contributed by atoms with Crippen LogP contribution in [0, 0.1) is 11.8 Å². The van der Waals surface area contributed by atoms with Crippen molar-refractivity contribution in [3.63, 3.8) is 0 Å². The van der Waals surface area contributed by atoms with Crippen LogP contribution in [-0.4, -0.2) is 95.7 Å². The van der Waals surface area contributed by atoms with E-state index in [1.165, 1.54) is 0 Å². The van der Waals surface area contributed by atoms with Crippen LogP contribution in [0.1, 0.15) is 70.2 Å². The van der Waals surface area contributed by atoms with Gasteiger partial charge in [0, 0.05) is 56.7 Å². The standard InChI is InChI=1S/C33H45N7O5/c1-7-25-30(42)37(5)26-15-34-31(36-28(26)40(25)23-10-8-9-11-23)35-24-13-12-20(14-27(24)44-6)29(41)38-16-21-18-39(19-22(21)17-38)32(43)45-33(2,3)4/h12-15,21-23,25H,7-11,16-19H2,1-6H3,(H,34,35,36)/t21?,22?,25-/m1/s1. The molecule has 1 aromatic carbocycles. The van der Waals surface area contributed by atoms with Crippen molar-refractivity contribution in [2.24, 2.45) is 11.8 Å². The van der Waals surface area contributed by atoms with Crippen LogP contribution in [0.5, 0.6) is 5.75 Å². The number of nitrogens with one attached hydrogen (secondary N) is 1. The van der Waals surface area contributed by atoms with Gasteiger partial charge in [-0.1, -0.05) is 19.8 Å². The van der Waals surface area contributed by atoms with Gasteiger partial charge in [-0.25, -0.2) is 9.78 Å². The third-order valence-electron chi connectivity index (χ3n) is 9.53. The minimum absolute atomic E-state index is 0.0615. The van der Waals surface area contributed by atoms with E-state index in [1.54, 1.807) is 42.3 Å². The van der Waals surface area contributed by atoms with Gasteiger partial charge in [0.05, 0.1) is 19.0 Å². The minimum Gasteiger partial charge on any atom is -0.495 e. The normalized spacial score (nSPS) is 23.3. The molecule has 4 heterocycles. The van der Waals surface area contributed by atoms with Gasteiger partial charge >= 0.3 is 6.09 Å². The molecule has 1 saturated carbocycles. The number of methoxy groups -OCH3 is 1. The van der Waals surface area contributed by atoms with Crippen molar-refractivity contribution in [2.45, 2.75) is 77.5 Å².